The molecule has 3 aromatic carbocycles. The van der Waals surface area contributed by atoms with E-state index >= 15 is 0 Å². The van der Waals surface area contributed by atoms with E-state index < -0.39 is 11.6 Å². The highest BCUT2D eigenvalue weighted by atomic mass is 19.4. The van der Waals surface area contributed by atoms with Gasteiger partial charge in [0.25, 0.3) is 0 Å². The molecule has 2 heterocycles. The van der Waals surface area contributed by atoms with Crippen molar-refractivity contribution in [2.45, 2.75) is 52.6 Å². The third-order valence-electron chi connectivity index (χ3n) is 6.81. The average molecular weight is 476 g/mol. The minimum absolute atomic E-state index is 0.0719. The topological polar surface area (TPSA) is 26.0 Å². The summed E-state index contributed by atoms with van der Waals surface area (Å²) >= 11 is 0. The Morgan fingerprint density at radius 2 is 1.54 bits per heavy atom. The van der Waals surface area contributed by atoms with E-state index in [-0.39, 0.29) is 11.8 Å². The van der Waals surface area contributed by atoms with Crippen molar-refractivity contribution in [1.29, 1.82) is 0 Å². The molecule has 0 N–H and O–H groups in total. The van der Waals surface area contributed by atoms with Gasteiger partial charge in [0.1, 0.15) is 11.3 Å². The van der Waals surface area contributed by atoms with E-state index in [1.807, 2.05) is 24.3 Å². The Kier molecular flexibility index (Phi) is 5.24. The van der Waals surface area contributed by atoms with Gasteiger partial charge in [-0.3, -0.25) is 4.98 Å². The Hall–Kier alpha value is -3.34. The monoisotopic (exact) mass is 475 g/mol. The maximum Gasteiger partial charge on any atom is 0.394 e. The molecular weight excluding hydrogens is 447 g/mol. The van der Waals surface area contributed by atoms with Crippen molar-refractivity contribution in [2.24, 2.45) is 5.41 Å². The van der Waals surface area contributed by atoms with Gasteiger partial charge in [-0.1, -0.05) is 71.0 Å². The number of furan rings is 1. The Bertz CT molecular complexity index is 1570. The van der Waals surface area contributed by atoms with Crippen LogP contribution in [0, 0.1) is 5.41 Å². The first-order valence-corrected chi connectivity index (χ1v) is 11.8. The molecule has 0 radical (unpaired) electrons. The summed E-state index contributed by atoms with van der Waals surface area (Å²) in [7, 11) is 0. The maximum absolute atomic E-state index is 13.4. The number of aromatic nitrogens is 1. The highest BCUT2D eigenvalue weighted by Crippen LogP contribution is 2.42. The van der Waals surface area contributed by atoms with Gasteiger partial charge in [-0.05, 0) is 58.0 Å². The van der Waals surface area contributed by atoms with Crippen molar-refractivity contribution in [3.8, 4) is 11.3 Å². The minimum Gasteiger partial charge on any atom is -0.454 e. The van der Waals surface area contributed by atoms with Gasteiger partial charge in [-0.25, -0.2) is 0 Å². The Labute approximate surface area is 202 Å². The lowest BCUT2D eigenvalue weighted by Crippen LogP contribution is -2.34. The van der Waals surface area contributed by atoms with Crippen LogP contribution in [0.4, 0.5) is 13.2 Å². The largest absolute Gasteiger partial charge is 0.454 e. The molecule has 5 aromatic rings. The Morgan fingerprint density at radius 1 is 0.800 bits per heavy atom. The molecule has 0 unspecified atom stereocenters. The van der Waals surface area contributed by atoms with Crippen LogP contribution < -0.4 is 0 Å². The second kappa shape index (κ2) is 7.84. The average Bonchev–Trinajstić information content (AvgIpc) is 3.14. The number of benzene rings is 3. The van der Waals surface area contributed by atoms with E-state index in [1.165, 1.54) is 24.8 Å². The fourth-order valence-corrected chi connectivity index (χ4v) is 4.74. The summed E-state index contributed by atoms with van der Waals surface area (Å²) in [5, 5.41) is 4.10. The zero-order valence-corrected chi connectivity index (χ0v) is 20.5. The van der Waals surface area contributed by atoms with Gasteiger partial charge in [-0.15, -0.1) is 0 Å². The molecule has 0 atom stereocenters. The summed E-state index contributed by atoms with van der Waals surface area (Å²) < 4.78 is 46.6. The third kappa shape index (κ3) is 4.07. The van der Waals surface area contributed by atoms with Gasteiger partial charge >= 0.3 is 6.18 Å². The van der Waals surface area contributed by atoms with E-state index in [1.54, 1.807) is 18.3 Å². The SMILES string of the molecule is CC(C)(C)c1cc(-c2nccc3c2oc2cc(CC(C)(C)C(F)(F)F)ccc23)cc2ccccc12. The Morgan fingerprint density at radius 3 is 2.26 bits per heavy atom. The van der Waals surface area contributed by atoms with Crippen molar-refractivity contribution in [3.63, 3.8) is 0 Å². The molecule has 0 amide bonds. The number of nitrogens with zero attached hydrogens (tertiary/aromatic N) is 1. The maximum atomic E-state index is 13.4. The zero-order chi connectivity index (χ0) is 25.2. The van der Waals surface area contributed by atoms with Gasteiger partial charge in [0.15, 0.2) is 5.58 Å². The van der Waals surface area contributed by atoms with E-state index in [4.69, 9.17) is 4.42 Å². The van der Waals surface area contributed by atoms with E-state index in [0.29, 0.717) is 16.7 Å². The lowest BCUT2D eigenvalue weighted by molar-refractivity contribution is -0.211. The van der Waals surface area contributed by atoms with Crippen molar-refractivity contribution in [3.05, 3.63) is 78.0 Å². The Balaban J connectivity index is 1.68. The van der Waals surface area contributed by atoms with E-state index in [9.17, 15) is 13.2 Å². The molecule has 0 saturated heterocycles. The molecule has 0 fully saturated rings. The molecule has 180 valence electrons. The standard InChI is InChI=1S/C30H28F3NO/c1-28(2,3)24-16-20(15-19-8-6-7-9-21(19)24)26-27-23(12-13-34-26)22-11-10-18(14-25(22)35-27)17-29(4,5)30(31,32)33/h6-16H,17H2,1-5H3. The number of hydrogen-bond donors (Lipinski definition) is 0. The first kappa shape index (κ1) is 23.4. The molecule has 0 saturated carbocycles. The van der Waals surface area contributed by atoms with Crippen molar-refractivity contribution in [2.75, 3.05) is 0 Å². The molecule has 5 heteroatoms. The number of rotatable bonds is 3. The quantitative estimate of drug-likeness (QED) is 0.260. The second-order valence-corrected chi connectivity index (χ2v) is 11.0. The van der Waals surface area contributed by atoms with Crippen LogP contribution in [0.25, 0.3) is 44.0 Å². The van der Waals surface area contributed by atoms with Crippen molar-refractivity contribution >= 4 is 32.7 Å². The zero-order valence-electron chi connectivity index (χ0n) is 20.5. The summed E-state index contributed by atoms with van der Waals surface area (Å²) in [6.45, 7) is 9.03. The third-order valence-corrected chi connectivity index (χ3v) is 6.81. The smallest absolute Gasteiger partial charge is 0.394 e. The molecule has 35 heavy (non-hydrogen) atoms. The van der Waals surface area contributed by atoms with Gasteiger partial charge in [0.05, 0.1) is 5.41 Å². The van der Waals surface area contributed by atoms with Gasteiger partial charge < -0.3 is 4.42 Å². The molecule has 0 aliphatic heterocycles. The summed E-state index contributed by atoms with van der Waals surface area (Å²) in [6.07, 6.45) is -2.64. The first-order chi connectivity index (χ1) is 16.3. The fourth-order valence-electron chi connectivity index (χ4n) is 4.74. The van der Waals surface area contributed by atoms with Crippen LogP contribution in [-0.4, -0.2) is 11.2 Å². The molecule has 0 aliphatic carbocycles. The van der Waals surface area contributed by atoms with E-state index in [0.717, 1.165) is 27.4 Å². The molecule has 5 rings (SSSR count). The summed E-state index contributed by atoms with van der Waals surface area (Å²) in [6, 6.07) is 19.9. The molecule has 0 aliphatic rings. The number of pyridine rings is 1. The van der Waals surface area contributed by atoms with Crippen LogP contribution in [-0.2, 0) is 11.8 Å². The van der Waals surface area contributed by atoms with Gasteiger partial charge in [0.2, 0.25) is 0 Å². The van der Waals surface area contributed by atoms with Gasteiger partial charge in [-0.2, -0.15) is 13.2 Å². The lowest BCUT2D eigenvalue weighted by Gasteiger charge is -2.27. The van der Waals surface area contributed by atoms with Crippen LogP contribution in [0.15, 0.2) is 71.3 Å². The van der Waals surface area contributed by atoms with Crippen LogP contribution in [0.3, 0.4) is 0 Å². The highest BCUT2D eigenvalue weighted by Gasteiger charge is 2.47. The van der Waals surface area contributed by atoms with Crippen molar-refractivity contribution < 1.29 is 17.6 Å². The summed E-state index contributed by atoms with van der Waals surface area (Å²) in [4.78, 5) is 4.67. The van der Waals surface area contributed by atoms with Gasteiger partial charge in [0, 0.05) is 22.5 Å². The number of halogens is 3. The predicted molar refractivity (Wildman–Crippen MR) is 137 cm³/mol. The molecule has 2 nitrogen and oxygen atoms in total. The molecule has 2 aromatic heterocycles. The van der Waals surface area contributed by atoms with Crippen LogP contribution in [0.5, 0.6) is 0 Å². The first-order valence-electron chi connectivity index (χ1n) is 11.8. The lowest BCUT2D eigenvalue weighted by atomic mass is 9.82. The predicted octanol–water partition coefficient (Wildman–Crippen LogP) is 9.23. The number of fused-ring (bicyclic) bond motifs is 4. The number of hydrogen-bond acceptors (Lipinski definition) is 2. The van der Waals surface area contributed by atoms with Crippen LogP contribution >= 0.6 is 0 Å². The summed E-state index contributed by atoms with van der Waals surface area (Å²) in [5.41, 5.74) is 2.81. The van der Waals surface area contributed by atoms with Crippen LogP contribution in [0.2, 0.25) is 0 Å². The molecular formula is C30H28F3NO. The van der Waals surface area contributed by atoms with Crippen LogP contribution in [0.1, 0.15) is 45.7 Å². The highest BCUT2D eigenvalue weighted by molar-refractivity contribution is 6.09. The molecule has 0 spiro atoms. The fraction of sp³-hybridized carbons (Fsp3) is 0.300. The summed E-state index contributed by atoms with van der Waals surface area (Å²) in [5.74, 6) is 0. The van der Waals surface area contributed by atoms with Crippen molar-refractivity contribution in [1.82, 2.24) is 4.98 Å². The van der Waals surface area contributed by atoms with E-state index in [2.05, 4.69) is 50.0 Å². The normalized spacial score (nSPS) is 13.3. The second-order valence-electron chi connectivity index (χ2n) is 11.0. The molecule has 0 bridgehead atoms. The number of alkyl halides is 3. The minimum atomic E-state index is -4.28.